The van der Waals surface area contributed by atoms with E-state index in [-0.39, 0.29) is 12.0 Å². The van der Waals surface area contributed by atoms with Gasteiger partial charge in [-0.2, -0.15) is 0 Å². The van der Waals surface area contributed by atoms with E-state index in [1.165, 1.54) is 7.11 Å². The molecule has 0 bridgehead atoms. The molecule has 4 heteroatoms. The molecule has 1 aromatic rings. The Kier molecular flexibility index (Phi) is 4.52. The fourth-order valence-corrected chi connectivity index (χ4v) is 1.78. The highest BCUT2D eigenvalue weighted by Crippen LogP contribution is 2.22. The van der Waals surface area contributed by atoms with Crippen LogP contribution in [0.5, 0.6) is 0 Å². The van der Waals surface area contributed by atoms with Gasteiger partial charge in [-0.25, -0.2) is 4.79 Å². The molecular formula is C13H20N2O2. The Morgan fingerprint density at radius 1 is 1.47 bits per heavy atom. The minimum absolute atomic E-state index is 0.0570. The highest BCUT2D eigenvalue weighted by atomic mass is 16.5. The molecule has 0 radical (unpaired) electrons. The number of anilines is 1. The number of carbonyl (C=O) groups excluding carboxylic acids is 1. The summed E-state index contributed by atoms with van der Waals surface area (Å²) in [4.78, 5) is 13.5. The Balaban J connectivity index is 3.14. The summed E-state index contributed by atoms with van der Waals surface area (Å²) in [6.07, 6.45) is 0.734. The van der Waals surface area contributed by atoms with Gasteiger partial charge in [0.2, 0.25) is 0 Å². The van der Waals surface area contributed by atoms with E-state index in [1.807, 2.05) is 38.1 Å². The van der Waals surface area contributed by atoms with Gasteiger partial charge in [-0.15, -0.1) is 0 Å². The molecular weight excluding hydrogens is 216 g/mol. The smallest absolute Gasteiger partial charge is 0.337 e. The van der Waals surface area contributed by atoms with Gasteiger partial charge >= 0.3 is 5.97 Å². The largest absolute Gasteiger partial charge is 0.465 e. The summed E-state index contributed by atoms with van der Waals surface area (Å²) in [7, 11) is 5.32. The van der Waals surface area contributed by atoms with Crippen molar-refractivity contribution in [1.82, 2.24) is 0 Å². The van der Waals surface area contributed by atoms with Gasteiger partial charge in [-0.3, -0.25) is 0 Å². The van der Waals surface area contributed by atoms with Gasteiger partial charge in [0.05, 0.1) is 12.7 Å². The van der Waals surface area contributed by atoms with E-state index in [2.05, 4.69) is 0 Å². The predicted octanol–water partition coefficient (Wildman–Crippen LogP) is 1.43. The standard InChI is InChI=1S/C13H20N2O2/c1-9(14)7-11-8-10(13(16)17-4)5-6-12(11)15(2)3/h5-6,8-9H,7,14H2,1-4H3/t9-/m0/s1. The summed E-state index contributed by atoms with van der Waals surface area (Å²) in [6.45, 7) is 1.95. The Bertz CT molecular complexity index is 400. The average molecular weight is 236 g/mol. The Hall–Kier alpha value is -1.55. The third-order valence-electron chi connectivity index (χ3n) is 2.52. The molecule has 0 saturated heterocycles. The van der Waals surface area contributed by atoms with E-state index in [0.29, 0.717) is 5.56 Å². The lowest BCUT2D eigenvalue weighted by Gasteiger charge is -2.19. The van der Waals surface area contributed by atoms with E-state index in [0.717, 1.165) is 17.7 Å². The molecule has 0 aliphatic carbocycles. The molecule has 0 aliphatic rings. The van der Waals surface area contributed by atoms with E-state index >= 15 is 0 Å². The van der Waals surface area contributed by atoms with Crippen LogP contribution in [0, 0.1) is 0 Å². The van der Waals surface area contributed by atoms with Gasteiger partial charge in [0, 0.05) is 25.8 Å². The zero-order chi connectivity index (χ0) is 13.0. The molecule has 0 aromatic heterocycles. The third kappa shape index (κ3) is 3.46. The van der Waals surface area contributed by atoms with Gasteiger partial charge < -0.3 is 15.4 Å². The topological polar surface area (TPSA) is 55.6 Å². The summed E-state index contributed by atoms with van der Waals surface area (Å²) in [5, 5.41) is 0. The Labute approximate surface area is 102 Å². The van der Waals surface area contributed by atoms with Crippen molar-refractivity contribution >= 4 is 11.7 Å². The van der Waals surface area contributed by atoms with Crippen LogP contribution in [0.15, 0.2) is 18.2 Å². The zero-order valence-electron chi connectivity index (χ0n) is 10.9. The molecule has 1 aromatic carbocycles. The molecule has 0 unspecified atom stereocenters. The van der Waals surface area contributed by atoms with Crippen molar-refractivity contribution in [2.75, 3.05) is 26.1 Å². The summed E-state index contributed by atoms with van der Waals surface area (Å²) in [5.74, 6) is -0.318. The second-order valence-electron chi connectivity index (χ2n) is 4.41. The lowest BCUT2D eigenvalue weighted by Crippen LogP contribution is -2.21. The van der Waals surface area contributed by atoms with Crippen LogP contribution in [0.1, 0.15) is 22.8 Å². The maximum Gasteiger partial charge on any atom is 0.337 e. The number of carbonyl (C=O) groups is 1. The van der Waals surface area contributed by atoms with E-state index in [1.54, 1.807) is 6.07 Å². The number of rotatable bonds is 4. The minimum Gasteiger partial charge on any atom is -0.465 e. The molecule has 4 nitrogen and oxygen atoms in total. The molecule has 0 heterocycles. The van der Waals surface area contributed by atoms with Crippen molar-refractivity contribution in [3.8, 4) is 0 Å². The van der Waals surface area contributed by atoms with Crippen LogP contribution in [0.2, 0.25) is 0 Å². The molecule has 94 valence electrons. The van der Waals surface area contributed by atoms with Crippen molar-refractivity contribution in [3.05, 3.63) is 29.3 Å². The van der Waals surface area contributed by atoms with Crippen LogP contribution in [0.25, 0.3) is 0 Å². The lowest BCUT2D eigenvalue weighted by atomic mass is 10.0. The maximum atomic E-state index is 11.5. The predicted molar refractivity (Wildman–Crippen MR) is 69.5 cm³/mol. The van der Waals surface area contributed by atoms with Crippen molar-refractivity contribution in [1.29, 1.82) is 0 Å². The number of methoxy groups -OCH3 is 1. The quantitative estimate of drug-likeness (QED) is 0.803. The van der Waals surface area contributed by atoms with Crippen LogP contribution in [0.4, 0.5) is 5.69 Å². The Morgan fingerprint density at radius 2 is 2.12 bits per heavy atom. The first-order valence-electron chi connectivity index (χ1n) is 5.60. The van der Waals surface area contributed by atoms with Gasteiger partial charge in [-0.1, -0.05) is 0 Å². The highest BCUT2D eigenvalue weighted by Gasteiger charge is 2.12. The van der Waals surface area contributed by atoms with Crippen molar-refractivity contribution in [3.63, 3.8) is 0 Å². The van der Waals surface area contributed by atoms with E-state index in [4.69, 9.17) is 10.5 Å². The van der Waals surface area contributed by atoms with Crippen LogP contribution < -0.4 is 10.6 Å². The first-order valence-corrected chi connectivity index (χ1v) is 5.60. The first-order chi connectivity index (χ1) is 7.95. The van der Waals surface area contributed by atoms with E-state index < -0.39 is 0 Å². The van der Waals surface area contributed by atoms with Gasteiger partial charge in [0.25, 0.3) is 0 Å². The second-order valence-corrected chi connectivity index (χ2v) is 4.41. The monoisotopic (exact) mass is 236 g/mol. The highest BCUT2D eigenvalue weighted by molar-refractivity contribution is 5.90. The molecule has 0 aliphatic heterocycles. The normalized spacial score (nSPS) is 12.1. The summed E-state index contributed by atoms with van der Waals surface area (Å²) in [5.41, 5.74) is 8.52. The van der Waals surface area contributed by atoms with Gasteiger partial charge in [0.15, 0.2) is 0 Å². The molecule has 0 spiro atoms. The molecule has 1 rings (SSSR count). The Morgan fingerprint density at radius 3 is 2.59 bits per heavy atom. The number of benzene rings is 1. The number of nitrogens with two attached hydrogens (primary N) is 1. The zero-order valence-corrected chi connectivity index (χ0v) is 10.9. The van der Waals surface area contributed by atoms with E-state index in [9.17, 15) is 4.79 Å². The van der Waals surface area contributed by atoms with Crippen LogP contribution >= 0.6 is 0 Å². The minimum atomic E-state index is -0.318. The number of ether oxygens (including phenoxy) is 1. The molecule has 17 heavy (non-hydrogen) atoms. The number of nitrogens with zero attached hydrogens (tertiary/aromatic N) is 1. The SMILES string of the molecule is COC(=O)c1ccc(N(C)C)c(C[C@H](C)N)c1. The van der Waals surface area contributed by atoms with Crippen LogP contribution in [-0.4, -0.2) is 33.2 Å². The average Bonchev–Trinajstić information content (AvgIpc) is 2.26. The third-order valence-corrected chi connectivity index (χ3v) is 2.52. The molecule has 0 amide bonds. The first kappa shape index (κ1) is 13.5. The van der Waals surface area contributed by atoms with Crippen molar-refractivity contribution in [2.45, 2.75) is 19.4 Å². The molecule has 0 saturated carbocycles. The fourth-order valence-electron chi connectivity index (χ4n) is 1.78. The molecule has 2 N–H and O–H groups in total. The number of hydrogen-bond acceptors (Lipinski definition) is 4. The van der Waals surface area contributed by atoms with Gasteiger partial charge in [-0.05, 0) is 37.1 Å². The number of hydrogen-bond donors (Lipinski definition) is 1. The summed E-state index contributed by atoms with van der Waals surface area (Å²) < 4.78 is 4.71. The van der Waals surface area contributed by atoms with Crippen LogP contribution in [0.3, 0.4) is 0 Å². The number of esters is 1. The summed E-state index contributed by atoms with van der Waals surface area (Å²) >= 11 is 0. The van der Waals surface area contributed by atoms with Crippen molar-refractivity contribution < 1.29 is 9.53 Å². The van der Waals surface area contributed by atoms with Crippen LogP contribution in [-0.2, 0) is 11.2 Å². The summed E-state index contributed by atoms with van der Waals surface area (Å²) in [6, 6.07) is 5.60. The lowest BCUT2D eigenvalue weighted by molar-refractivity contribution is 0.0600. The van der Waals surface area contributed by atoms with Crippen molar-refractivity contribution in [2.24, 2.45) is 5.73 Å². The second kappa shape index (κ2) is 5.68. The fraction of sp³-hybridized carbons (Fsp3) is 0.462. The molecule has 1 atom stereocenters. The molecule has 0 fully saturated rings. The maximum absolute atomic E-state index is 11.5. The van der Waals surface area contributed by atoms with Gasteiger partial charge in [0.1, 0.15) is 0 Å².